The van der Waals surface area contributed by atoms with Gasteiger partial charge >= 0.3 is 0 Å². The molecule has 1 aromatic heterocycles. The second-order valence-electron chi connectivity index (χ2n) is 6.79. The third kappa shape index (κ3) is 6.21. The lowest BCUT2D eigenvalue weighted by atomic mass is 10.1. The zero-order chi connectivity index (χ0) is 19.2. The van der Waals surface area contributed by atoms with Crippen LogP contribution in [-0.4, -0.2) is 47.3 Å². The summed E-state index contributed by atoms with van der Waals surface area (Å²) in [6.07, 6.45) is 3.71. The van der Waals surface area contributed by atoms with Gasteiger partial charge in [-0.2, -0.15) is 5.26 Å². The van der Waals surface area contributed by atoms with E-state index in [1.807, 2.05) is 24.8 Å². The fraction of sp³-hybridized carbons (Fsp3) is 0.429. The van der Waals surface area contributed by atoms with Crippen LogP contribution in [0.3, 0.4) is 0 Å². The minimum atomic E-state index is 0. The number of carbonyl (C=O) groups is 1. The van der Waals surface area contributed by atoms with Gasteiger partial charge in [0.05, 0.1) is 11.4 Å². The molecule has 2 unspecified atom stereocenters. The molecule has 0 aliphatic carbocycles. The summed E-state index contributed by atoms with van der Waals surface area (Å²) < 4.78 is 0. The van der Waals surface area contributed by atoms with E-state index in [0.29, 0.717) is 6.42 Å². The van der Waals surface area contributed by atoms with Gasteiger partial charge in [0.2, 0.25) is 0 Å². The highest BCUT2D eigenvalue weighted by molar-refractivity contribution is 7.99. The number of nitrogens with zero attached hydrogens (tertiary/aromatic N) is 3. The Kier molecular flexibility index (Phi) is 11.3. The summed E-state index contributed by atoms with van der Waals surface area (Å²) in [5.41, 5.74) is 2.36. The number of benzene rings is 1. The molecule has 1 saturated heterocycles. The van der Waals surface area contributed by atoms with E-state index < -0.39 is 0 Å². The Morgan fingerprint density at radius 1 is 1.24 bits per heavy atom. The summed E-state index contributed by atoms with van der Waals surface area (Å²) in [7, 11) is 0. The summed E-state index contributed by atoms with van der Waals surface area (Å²) in [6.45, 7) is 5.61. The van der Waals surface area contributed by atoms with Gasteiger partial charge in [-0.25, -0.2) is 0 Å². The van der Waals surface area contributed by atoms with E-state index in [-0.39, 0.29) is 36.2 Å². The van der Waals surface area contributed by atoms with Crippen molar-refractivity contribution in [3.8, 4) is 6.07 Å². The Labute approximate surface area is 194 Å². The van der Waals surface area contributed by atoms with Crippen molar-refractivity contribution < 1.29 is 4.79 Å². The molecule has 0 spiro atoms. The van der Waals surface area contributed by atoms with Crippen LogP contribution in [0.25, 0.3) is 0 Å². The molecular weight excluding hydrogens is 445 g/mol. The summed E-state index contributed by atoms with van der Waals surface area (Å²) in [6, 6.07) is 15.3. The molecule has 8 heteroatoms. The van der Waals surface area contributed by atoms with E-state index in [1.165, 1.54) is 10.4 Å². The standard InChI is InChI=1S/C21H25N3OS2.2ClH/c1-16-13-18(27-19(16)14-22)20-21(26-2)23(9-6-12-25)10-11-24(20)15-17-7-4-3-5-8-17;;/h3-5,7-8,12-13,20-21H,6,9-11,15H2,1-2H3;2*1H. The van der Waals surface area contributed by atoms with Crippen LogP contribution in [0.15, 0.2) is 36.4 Å². The molecule has 3 rings (SSSR count). The summed E-state index contributed by atoms with van der Waals surface area (Å²) in [5.74, 6) is 0. The molecule has 29 heavy (non-hydrogen) atoms. The first-order valence-corrected chi connectivity index (χ1v) is 11.3. The molecule has 0 saturated carbocycles. The van der Waals surface area contributed by atoms with E-state index in [0.717, 1.165) is 42.9 Å². The summed E-state index contributed by atoms with van der Waals surface area (Å²) in [4.78, 5) is 17.9. The lowest BCUT2D eigenvalue weighted by molar-refractivity contribution is -0.108. The van der Waals surface area contributed by atoms with Gasteiger partial charge in [-0.3, -0.25) is 9.80 Å². The smallest absolute Gasteiger partial charge is 0.121 e. The van der Waals surface area contributed by atoms with E-state index in [2.05, 4.69) is 52.5 Å². The van der Waals surface area contributed by atoms with E-state index in [4.69, 9.17) is 0 Å². The first-order chi connectivity index (χ1) is 13.2. The van der Waals surface area contributed by atoms with Gasteiger partial charge in [-0.15, -0.1) is 47.9 Å². The zero-order valence-corrected chi connectivity index (χ0v) is 19.9. The molecule has 0 N–H and O–H groups in total. The quantitative estimate of drug-likeness (QED) is 0.536. The number of aryl methyl sites for hydroxylation is 1. The SMILES string of the molecule is CSC1C(c2cc(C)c(C#N)s2)N(Cc2ccccc2)CCN1CCC=O.Cl.Cl. The Morgan fingerprint density at radius 3 is 2.52 bits per heavy atom. The maximum atomic E-state index is 10.9. The molecular formula is C21H27Cl2N3OS2. The number of aldehydes is 1. The number of halogens is 2. The number of piperazine rings is 1. The topological polar surface area (TPSA) is 47.3 Å². The lowest BCUT2D eigenvalue weighted by Crippen LogP contribution is -2.53. The average molecular weight is 473 g/mol. The van der Waals surface area contributed by atoms with Crippen LogP contribution in [0.1, 0.15) is 33.3 Å². The summed E-state index contributed by atoms with van der Waals surface area (Å²) >= 11 is 3.45. The fourth-order valence-electron chi connectivity index (χ4n) is 3.72. The van der Waals surface area contributed by atoms with Crippen LogP contribution in [0.4, 0.5) is 0 Å². The van der Waals surface area contributed by atoms with E-state index in [1.54, 1.807) is 11.3 Å². The molecule has 2 atom stereocenters. The predicted molar refractivity (Wildman–Crippen MR) is 127 cm³/mol. The molecule has 1 aromatic carbocycles. The number of rotatable bonds is 7. The highest BCUT2D eigenvalue weighted by Gasteiger charge is 2.38. The Bertz CT molecular complexity index is 810. The van der Waals surface area contributed by atoms with Gasteiger partial charge in [0, 0.05) is 37.5 Å². The van der Waals surface area contributed by atoms with Crippen LogP contribution < -0.4 is 0 Å². The molecule has 1 aliphatic rings. The zero-order valence-electron chi connectivity index (χ0n) is 16.6. The number of hydrogen-bond acceptors (Lipinski definition) is 6. The van der Waals surface area contributed by atoms with Crippen molar-refractivity contribution in [3.05, 3.63) is 57.3 Å². The second-order valence-corrected chi connectivity index (χ2v) is 8.83. The summed E-state index contributed by atoms with van der Waals surface area (Å²) in [5, 5.41) is 9.69. The number of nitriles is 1. The lowest BCUT2D eigenvalue weighted by Gasteiger charge is -2.46. The normalized spacial score (nSPS) is 19.6. The molecule has 2 aromatic rings. The fourth-order valence-corrected chi connectivity index (χ4v) is 6.03. The number of thiophene rings is 1. The minimum absolute atomic E-state index is 0. The maximum Gasteiger partial charge on any atom is 0.121 e. The Morgan fingerprint density at radius 2 is 1.93 bits per heavy atom. The first-order valence-electron chi connectivity index (χ1n) is 9.16. The largest absolute Gasteiger partial charge is 0.303 e. The van der Waals surface area contributed by atoms with Crippen LogP contribution in [0.5, 0.6) is 0 Å². The van der Waals surface area contributed by atoms with Gasteiger partial charge in [0.25, 0.3) is 0 Å². The molecule has 0 radical (unpaired) electrons. The Balaban J connectivity index is 0.00000210. The number of hydrogen-bond donors (Lipinski definition) is 0. The van der Waals surface area contributed by atoms with E-state index in [9.17, 15) is 10.1 Å². The predicted octanol–water partition coefficient (Wildman–Crippen LogP) is 4.91. The second kappa shape index (κ2) is 12.6. The van der Waals surface area contributed by atoms with Gasteiger partial charge in [-0.1, -0.05) is 30.3 Å². The van der Waals surface area contributed by atoms with Gasteiger partial charge in [0.15, 0.2) is 0 Å². The van der Waals surface area contributed by atoms with Crippen molar-refractivity contribution in [2.45, 2.75) is 31.3 Å². The maximum absolute atomic E-state index is 10.9. The number of thioether (sulfide) groups is 1. The van der Waals surface area contributed by atoms with Gasteiger partial charge in [-0.05, 0) is 30.4 Å². The molecule has 2 heterocycles. The van der Waals surface area contributed by atoms with Gasteiger partial charge in [0.1, 0.15) is 17.2 Å². The molecule has 1 fully saturated rings. The monoisotopic (exact) mass is 471 g/mol. The van der Waals surface area contributed by atoms with Crippen molar-refractivity contribution in [1.29, 1.82) is 5.26 Å². The van der Waals surface area contributed by atoms with E-state index >= 15 is 0 Å². The van der Waals surface area contributed by atoms with Crippen LogP contribution >= 0.6 is 47.9 Å². The average Bonchev–Trinajstić information content (AvgIpc) is 3.07. The van der Waals surface area contributed by atoms with Crippen molar-refractivity contribution >= 4 is 54.2 Å². The molecule has 0 amide bonds. The Hall–Kier alpha value is -1.07. The molecule has 0 bridgehead atoms. The highest BCUT2D eigenvalue weighted by Crippen LogP contribution is 2.41. The third-order valence-electron chi connectivity index (χ3n) is 5.03. The van der Waals surface area contributed by atoms with Crippen molar-refractivity contribution in [3.63, 3.8) is 0 Å². The van der Waals surface area contributed by atoms with Crippen LogP contribution in [-0.2, 0) is 11.3 Å². The van der Waals surface area contributed by atoms with Crippen molar-refractivity contribution in [2.75, 3.05) is 25.9 Å². The van der Waals surface area contributed by atoms with Crippen LogP contribution in [0.2, 0.25) is 0 Å². The van der Waals surface area contributed by atoms with Crippen LogP contribution in [0, 0.1) is 18.3 Å². The molecule has 4 nitrogen and oxygen atoms in total. The first kappa shape index (κ1) is 26.0. The van der Waals surface area contributed by atoms with Crippen molar-refractivity contribution in [2.24, 2.45) is 0 Å². The van der Waals surface area contributed by atoms with Crippen molar-refractivity contribution in [1.82, 2.24) is 9.80 Å². The highest BCUT2D eigenvalue weighted by atomic mass is 35.5. The molecule has 158 valence electrons. The number of carbonyl (C=O) groups excluding carboxylic acids is 1. The minimum Gasteiger partial charge on any atom is -0.303 e. The molecule has 1 aliphatic heterocycles. The third-order valence-corrected chi connectivity index (χ3v) is 7.28. The van der Waals surface area contributed by atoms with Gasteiger partial charge < -0.3 is 4.79 Å².